The van der Waals surface area contributed by atoms with Crippen LogP contribution >= 0.6 is 0 Å². The Kier molecular flexibility index (Phi) is 35.3. The SMILES string of the molecule is NCCCN.[Fe].[NaH]. The van der Waals surface area contributed by atoms with Gasteiger partial charge in [-0.2, -0.15) is 0 Å². The molecule has 0 fully saturated rings. The standard InChI is InChI=1S/C3H10N2.Fe.Na.H/c4-2-1-3-5;;;/h1-5H2;;;. The first kappa shape index (κ1) is 15.8. The summed E-state index contributed by atoms with van der Waals surface area (Å²) in [7, 11) is 0. The first-order valence-electron chi connectivity index (χ1n) is 1.82. The van der Waals surface area contributed by atoms with Crippen LogP contribution in [-0.4, -0.2) is 42.6 Å². The third-order valence-electron chi connectivity index (χ3n) is 0.408. The van der Waals surface area contributed by atoms with Gasteiger partial charge in [0.05, 0.1) is 0 Å². The monoisotopic (exact) mass is 154 g/mol. The molecule has 0 saturated carbocycles. The molecule has 0 atom stereocenters. The molecule has 0 aliphatic carbocycles. The van der Waals surface area contributed by atoms with Gasteiger partial charge in [0.25, 0.3) is 0 Å². The molecule has 0 heterocycles. The van der Waals surface area contributed by atoms with Crippen molar-refractivity contribution in [3.8, 4) is 0 Å². The van der Waals surface area contributed by atoms with E-state index in [1.165, 1.54) is 0 Å². The van der Waals surface area contributed by atoms with Crippen molar-refractivity contribution in [2.75, 3.05) is 13.1 Å². The quantitative estimate of drug-likeness (QED) is 0.482. The molecule has 7 heavy (non-hydrogen) atoms. The van der Waals surface area contributed by atoms with Crippen molar-refractivity contribution < 1.29 is 17.1 Å². The third kappa shape index (κ3) is 18.6. The van der Waals surface area contributed by atoms with Gasteiger partial charge in [-0.25, -0.2) is 0 Å². The first-order chi connectivity index (χ1) is 2.41. The van der Waals surface area contributed by atoms with Crippen molar-refractivity contribution in [1.29, 1.82) is 0 Å². The minimum atomic E-state index is 0. The van der Waals surface area contributed by atoms with Crippen LogP contribution in [0.15, 0.2) is 0 Å². The molecular formula is C3H11FeN2Na. The Balaban J connectivity index is -0.0000000800. The number of hydrogen-bond donors (Lipinski definition) is 2. The Hall–Kier alpha value is 1.44. The van der Waals surface area contributed by atoms with Gasteiger partial charge in [0.15, 0.2) is 0 Å². The van der Waals surface area contributed by atoms with Crippen LogP contribution in [0.2, 0.25) is 0 Å². The van der Waals surface area contributed by atoms with Crippen molar-refractivity contribution in [2.45, 2.75) is 6.42 Å². The van der Waals surface area contributed by atoms with E-state index in [-0.39, 0.29) is 46.6 Å². The fraction of sp³-hybridized carbons (Fsp3) is 1.00. The third-order valence-corrected chi connectivity index (χ3v) is 0.408. The molecule has 0 saturated heterocycles. The van der Waals surface area contributed by atoms with E-state index in [0.717, 1.165) is 19.5 Å². The zero-order valence-corrected chi connectivity index (χ0v) is 4.73. The van der Waals surface area contributed by atoms with Crippen LogP contribution in [0.4, 0.5) is 0 Å². The summed E-state index contributed by atoms with van der Waals surface area (Å²) in [5.41, 5.74) is 10.1. The van der Waals surface area contributed by atoms with E-state index in [2.05, 4.69) is 0 Å². The van der Waals surface area contributed by atoms with E-state index in [4.69, 9.17) is 11.5 Å². The van der Waals surface area contributed by atoms with Crippen LogP contribution in [0.25, 0.3) is 0 Å². The molecule has 0 amide bonds. The topological polar surface area (TPSA) is 52.0 Å². The number of nitrogens with two attached hydrogens (primary N) is 2. The molecular weight excluding hydrogens is 143 g/mol. The molecule has 42 valence electrons. The zero-order valence-electron chi connectivity index (χ0n) is 3.63. The van der Waals surface area contributed by atoms with E-state index in [1.807, 2.05) is 0 Å². The Morgan fingerprint density at radius 1 is 1.00 bits per heavy atom. The molecule has 0 aliphatic heterocycles. The Morgan fingerprint density at radius 3 is 1.29 bits per heavy atom. The molecule has 0 unspecified atom stereocenters. The average molecular weight is 154 g/mol. The molecule has 4 heteroatoms. The van der Waals surface area contributed by atoms with Crippen LogP contribution in [0.1, 0.15) is 6.42 Å². The molecule has 0 aromatic carbocycles. The van der Waals surface area contributed by atoms with Crippen molar-refractivity contribution in [3.05, 3.63) is 0 Å². The second kappa shape index (κ2) is 15.7. The average Bonchev–Trinajstić information content (AvgIpc) is 1.41. The molecule has 0 rings (SSSR count). The second-order valence-electron chi connectivity index (χ2n) is 0.931. The van der Waals surface area contributed by atoms with E-state index in [1.54, 1.807) is 0 Å². The van der Waals surface area contributed by atoms with Gasteiger partial charge in [0.2, 0.25) is 0 Å². The fourth-order valence-corrected chi connectivity index (χ4v) is 0.118. The summed E-state index contributed by atoms with van der Waals surface area (Å²) in [4.78, 5) is 0. The first-order valence-corrected chi connectivity index (χ1v) is 1.82. The molecule has 2 nitrogen and oxygen atoms in total. The van der Waals surface area contributed by atoms with Gasteiger partial charge in [-0.1, -0.05) is 0 Å². The van der Waals surface area contributed by atoms with Gasteiger partial charge in [0, 0.05) is 17.1 Å². The number of rotatable bonds is 2. The van der Waals surface area contributed by atoms with E-state index in [9.17, 15) is 0 Å². The number of hydrogen-bond acceptors (Lipinski definition) is 2. The molecule has 0 aromatic rings. The van der Waals surface area contributed by atoms with E-state index < -0.39 is 0 Å². The summed E-state index contributed by atoms with van der Waals surface area (Å²) >= 11 is 0. The van der Waals surface area contributed by atoms with Crippen molar-refractivity contribution in [2.24, 2.45) is 11.5 Å². The summed E-state index contributed by atoms with van der Waals surface area (Å²) in [6, 6.07) is 0. The van der Waals surface area contributed by atoms with Gasteiger partial charge in [0.1, 0.15) is 0 Å². The molecule has 0 aromatic heterocycles. The summed E-state index contributed by atoms with van der Waals surface area (Å²) in [5.74, 6) is 0. The molecule has 0 aliphatic rings. The summed E-state index contributed by atoms with van der Waals surface area (Å²) < 4.78 is 0. The zero-order chi connectivity index (χ0) is 4.12. The Morgan fingerprint density at radius 2 is 1.29 bits per heavy atom. The fourth-order valence-electron chi connectivity index (χ4n) is 0.118. The van der Waals surface area contributed by atoms with Gasteiger partial charge >= 0.3 is 29.6 Å². The second-order valence-corrected chi connectivity index (χ2v) is 0.931. The van der Waals surface area contributed by atoms with Crippen molar-refractivity contribution in [3.63, 3.8) is 0 Å². The maximum absolute atomic E-state index is 5.06. The van der Waals surface area contributed by atoms with E-state index >= 15 is 0 Å². The maximum atomic E-state index is 5.06. The van der Waals surface area contributed by atoms with Gasteiger partial charge in [-0.3, -0.25) is 0 Å². The van der Waals surface area contributed by atoms with E-state index in [0.29, 0.717) is 0 Å². The van der Waals surface area contributed by atoms with Crippen LogP contribution in [0, 0.1) is 0 Å². The Bertz CT molecular complexity index is 20.4. The van der Waals surface area contributed by atoms with Crippen LogP contribution in [0.5, 0.6) is 0 Å². The summed E-state index contributed by atoms with van der Waals surface area (Å²) in [5, 5.41) is 0. The summed E-state index contributed by atoms with van der Waals surface area (Å²) in [6.45, 7) is 1.44. The van der Waals surface area contributed by atoms with Crippen LogP contribution in [0.3, 0.4) is 0 Å². The van der Waals surface area contributed by atoms with Crippen LogP contribution < -0.4 is 11.5 Å². The van der Waals surface area contributed by atoms with Crippen molar-refractivity contribution >= 4 is 29.6 Å². The van der Waals surface area contributed by atoms with Gasteiger partial charge in [-0.05, 0) is 19.5 Å². The molecule has 0 bridgehead atoms. The van der Waals surface area contributed by atoms with Gasteiger partial charge in [-0.15, -0.1) is 0 Å². The van der Waals surface area contributed by atoms with Gasteiger partial charge < -0.3 is 11.5 Å². The minimum absolute atomic E-state index is 0. The predicted octanol–water partition coefficient (Wildman–Crippen LogP) is -1.36. The predicted molar refractivity (Wildman–Crippen MR) is 29.9 cm³/mol. The Labute approximate surface area is 77.2 Å². The summed E-state index contributed by atoms with van der Waals surface area (Å²) in [6.07, 6.45) is 0.944. The molecule has 0 spiro atoms. The van der Waals surface area contributed by atoms with Crippen LogP contribution in [-0.2, 0) is 17.1 Å². The molecule has 4 N–H and O–H groups in total. The molecule has 0 radical (unpaired) electrons. The van der Waals surface area contributed by atoms with Crippen molar-refractivity contribution in [1.82, 2.24) is 0 Å². The normalized spacial score (nSPS) is 6.00.